The number of anilines is 2. The second kappa shape index (κ2) is 5.88. The Balaban J connectivity index is 1.69. The summed E-state index contributed by atoms with van der Waals surface area (Å²) in [6.07, 6.45) is -0.942. The molecule has 0 bridgehead atoms. The van der Waals surface area contributed by atoms with Crippen LogP contribution in [0.15, 0.2) is 12.5 Å². The van der Waals surface area contributed by atoms with E-state index in [2.05, 4.69) is 19.9 Å². The summed E-state index contributed by atoms with van der Waals surface area (Å²) in [5.74, 6) is 1.07. The van der Waals surface area contributed by atoms with Crippen molar-refractivity contribution in [3.63, 3.8) is 0 Å². The van der Waals surface area contributed by atoms with Gasteiger partial charge in [-0.15, -0.1) is 0 Å². The molecule has 2 aromatic rings. The third kappa shape index (κ3) is 3.19. The number of nitrogens with two attached hydrogens (primary N) is 1. The summed E-state index contributed by atoms with van der Waals surface area (Å²) in [5.41, 5.74) is 4.84. The molecular formula is C13H14ClF3N6. The number of alkyl halides is 3. The molecule has 3 N–H and O–H groups in total. The van der Waals surface area contributed by atoms with Gasteiger partial charge in [0.1, 0.15) is 28.7 Å². The highest BCUT2D eigenvalue weighted by Gasteiger charge is 2.34. The summed E-state index contributed by atoms with van der Waals surface area (Å²) in [6, 6.07) is 0. The Kier molecular flexibility index (Phi) is 4.05. The fourth-order valence-electron chi connectivity index (χ4n) is 2.65. The average molecular weight is 347 g/mol. The zero-order valence-electron chi connectivity index (χ0n) is 11.9. The molecule has 1 aliphatic rings. The summed E-state index contributed by atoms with van der Waals surface area (Å²) < 4.78 is 37.8. The molecule has 0 saturated carbocycles. The van der Waals surface area contributed by atoms with Crippen LogP contribution in [0, 0.1) is 0 Å². The van der Waals surface area contributed by atoms with E-state index >= 15 is 0 Å². The monoisotopic (exact) mass is 346 g/mol. The van der Waals surface area contributed by atoms with Gasteiger partial charge in [0, 0.05) is 19.0 Å². The maximum Gasteiger partial charge on any atom is 0.432 e. The minimum Gasteiger partial charge on any atom is -0.382 e. The summed E-state index contributed by atoms with van der Waals surface area (Å²) in [7, 11) is 0. The maximum atomic E-state index is 12.6. The van der Waals surface area contributed by atoms with Crippen molar-refractivity contribution in [3.8, 4) is 0 Å². The van der Waals surface area contributed by atoms with Crippen LogP contribution >= 0.6 is 11.6 Å². The minimum atomic E-state index is -4.40. The molecular weight excluding hydrogens is 333 g/mol. The Bertz CT molecular complexity index is 693. The molecule has 1 saturated heterocycles. The predicted molar refractivity (Wildman–Crippen MR) is 79.2 cm³/mol. The lowest BCUT2D eigenvalue weighted by atomic mass is 9.96. The van der Waals surface area contributed by atoms with Crippen molar-refractivity contribution in [1.82, 2.24) is 19.9 Å². The summed E-state index contributed by atoms with van der Waals surface area (Å²) in [5, 5.41) is 0.295. The quantitative estimate of drug-likeness (QED) is 0.873. The number of piperidine rings is 1. The third-order valence-corrected chi connectivity index (χ3v) is 4.24. The molecule has 3 rings (SSSR count). The first-order valence-electron chi connectivity index (χ1n) is 6.99. The molecule has 6 nitrogen and oxygen atoms in total. The van der Waals surface area contributed by atoms with Crippen LogP contribution in [-0.2, 0) is 6.18 Å². The molecule has 1 fully saturated rings. The predicted octanol–water partition coefficient (Wildman–Crippen LogP) is 2.84. The standard InChI is InChI=1S/C13H14ClF3N6/c14-9-10(18)20-6-21-12(9)23-3-1-7(2-4-23)11-19-5-8(22-11)13(15,16)17/h5-7H,1-4H2,(H,19,22)(H2,18,20,21). The van der Waals surface area contributed by atoms with Gasteiger partial charge in [0.15, 0.2) is 5.82 Å². The van der Waals surface area contributed by atoms with Crippen LogP contribution in [0.25, 0.3) is 0 Å². The zero-order chi connectivity index (χ0) is 16.6. The molecule has 10 heteroatoms. The molecule has 1 aliphatic heterocycles. The first kappa shape index (κ1) is 15.9. The lowest BCUT2D eigenvalue weighted by Gasteiger charge is -2.32. The highest BCUT2D eigenvalue weighted by atomic mass is 35.5. The van der Waals surface area contributed by atoms with Gasteiger partial charge in [-0.25, -0.2) is 15.0 Å². The number of aromatic nitrogens is 4. The number of imidazole rings is 1. The molecule has 124 valence electrons. The molecule has 0 atom stereocenters. The molecule has 0 spiro atoms. The van der Waals surface area contributed by atoms with Gasteiger partial charge in [0.05, 0.1) is 6.20 Å². The van der Waals surface area contributed by atoms with Crippen LogP contribution in [0.5, 0.6) is 0 Å². The summed E-state index contributed by atoms with van der Waals surface area (Å²) in [4.78, 5) is 16.1. The van der Waals surface area contributed by atoms with Crippen LogP contribution in [0.4, 0.5) is 24.8 Å². The van der Waals surface area contributed by atoms with Crippen molar-refractivity contribution in [3.05, 3.63) is 29.1 Å². The van der Waals surface area contributed by atoms with Gasteiger partial charge < -0.3 is 15.6 Å². The van der Waals surface area contributed by atoms with Crippen molar-refractivity contribution in [2.24, 2.45) is 0 Å². The van der Waals surface area contributed by atoms with Gasteiger partial charge in [0.25, 0.3) is 0 Å². The topological polar surface area (TPSA) is 83.7 Å². The molecule has 0 radical (unpaired) electrons. The third-order valence-electron chi connectivity index (χ3n) is 3.88. The number of nitrogen functional groups attached to an aromatic ring is 1. The van der Waals surface area contributed by atoms with Gasteiger partial charge in [-0.1, -0.05) is 11.6 Å². The Morgan fingerprint density at radius 3 is 2.52 bits per heavy atom. The molecule has 3 heterocycles. The number of halogens is 4. The number of hydrogen-bond acceptors (Lipinski definition) is 5. The molecule has 23 heavy (non-hydrogen) atoms. The Hall–Kier alpha value is -2.03. The fraction of sp³-hybridized carbons (Fsp3) is 0.462. The number of aromatic amines is 1. The van der Waals surface area contributed by atoms with Gasteiger partial charge in [-0.2, -0.15) is 13.2 Å². The molecule has 2 aromatic heterocycles. The highest BCUT2D eigenvalue weighted by molar-refractivity contribution is 6.35. The largest absolute Gasteiger partial charge is 0.432 e. The van der Waals surface area contributed by atoms with E-state index in [1.165, 1.54) is 6.33 Å². The smallest absolute Gasteiger partial charge is 0.382 e. The van der Waals surface area contributed by atoms with E-state index in [9.17, 15) is 13.2 Å². The van der Waals surface area contributed by atoms with Gasteiger partial charge >= 0.3 is 6.18 Å². The van der Waals surface area contributed by atoms with Crippen LogP contribution in [0.3, 0.4) is 0 Å². The van der Waals surface area contributed by atoms with E-state index in [-0.39, 0.29) is 11.7 Å². The number of nitrogens with zero attached hydrogens (tertiary/aromatic N) is 4. The number of rotatable bonds is 2. The van der Waals surface area contributed by atoms with Gasteiger partial charge in [-0.05, 0) is 12.8 Å². The minimum absolute atomic E-state index is 0.0553. The van der Waals surface area contributed by atoms with E-state index in [1.54, 1.807) is 0 Å². The number of H-pyrrole nitrogens is 1. The van der Waals surface area contributed by atoms with E-state index in [0.29, 0.717) is 42.6 Å². The number of hydrogen-bond donors (Lipinski definition) is 2. The van der Waals surface area contributed by atoms with Crippen LogP contribution in [0.2, 0.25) is 5.02 Å². The Morgan fingerprint density at radius 1 is 1.22 bits per heavy atom. The van der Waals surface area contributed by atoms with Crippen molar-refractivity contribution < 1.29 is 13.2 Å². The average Bonchev–Trinajstić information content (AvgIpc) is 3.00. The first-order valence-corrected chi connectivity index (χ1v) is 7.37. The van der Waals surface area contributed by atoms with Crippen molar-refractivity contribution >= 4 is 23.2 Å². The van der Waals surface area contributed by atoms with Crippen molar-refractivity contribution in [2.75, 3.05) is 23.7 Å². The molecule has 0 aliphatic carbocycles. The SMILES string of the molecule is Nc1ncnc(N2CCC(c3ncc(C(F)(F)F)[nH]3)CC2)c1Cl. The van der Waals surface area contributed by atoms with Gasteiger partial charge in [-0.3, -0.25) is 0 Å². The van der Waals surface area contributed by atoms with Crippen LogP contribution in [0.1, 0.15) is 30.3 Å². The zero-order valence-corrected chi connectivity index (χ0v) is 12.7. The second-order valence-electron chi connectivity index (χ2n) is 5.34. The van der Waals surface area contributed by atoms with Crippen molar-refractivity contribution in [2.45, 2.75) is 24.9 Å². The van der Waals surface area contributed by atoms with Crippen LogP contribution in [-0.4, -0.2) is 33.0 Å². The molecule has 0 aromatic carbocycles. The normalized spacial score (nSPS) is 16.8. The van der Waals surface area contributed by atoms with E-state index in [0.717, 1.165) is 6.20 Å². The lowest BCUT2D eigenvalue weighted by Crippen LogP contribution is -2.34. The highest BCUT2D eigenvalue weighted by Crippen LogP contribution is 2.34. The molecule has 0 amide bonds. The lowest BCUT2D eigenvalue weighted by molar-refractivity contribution is -0.141. The Labute approximate surface area is 134 Å². The number of nitrogens with one attached hydrogen (secondary N) is 1. The summed E-state index contributed by atoms with van der Waals surface area (Å²) >= 11 is 6.10. The Morgan fingerprint density at radius 2 is 1.91 bits per heavy atom. The van der Waals surface area contributed by atoms with Crippen LogP contribution < -0.4 is 10.6 Å². The van der Waals surface area contributed by atoms with E-state index < -0.39 is 11.9 Å². The maximum absolute atomic E-state index is 12.6. The van der Waals surface area contributed by atoms with E-state index in [1.807, 2.05) is 4.90 Å². The first-order chi connectivity index (χ1) is 10.9. The second-order valence-corrected chi connectivity index (χ2v) is 5.72. The van der Waals surface area contributed by atoms with Gasteiger partial charge in [0.2, 0.25) is 0 Å². The van der Waals surface area contributed by atoms with Crippen molar-refractivity contribution in [1.29, 1.82) is 0 Å². The summed E-state index contributed by atoms with van der Waals surface area (Å²) in [6.45, 7) is 1.20. The molecule has 0 unspecified atom stereocenters. The van der Waals surface area contributed by atoms with E-state index in [4.69, 9.17) is 17.3 Å². The fourth-order valence-corrected chi connectivity index (χ4v) is 2.86.